The molecule has 1 aromatic rings. The lowest BCUT2D eigenvalue weighted by molar-refractivity contribution is -0.137. The summed E-state index contributed by atoms with van der Waals surface area (Å²) >= 11 is 0. The van der Waals surface area contributed by atoms with Crippen molar-refractivity contribution in [1.29, 1.82) is 0 Å². The molecule has 0 aliphatic heterocycles. The van der Waals surface area contributed by atoms with Crippen molar-refractivity contribution in [3.05, 3.63) is 41.5 Å². The van der Waals surface area contributed by atoms with Crippen LogP contribution in [0.2, 0.25) is 0 Å². The molecule has 3 aliphatic carbocycles. The predicted molar refractivity (Wildman–Crippen MR) is 108 cm³/mol. The number of hydrogen-bond acceptors (Lipinski definition) is 4. The summed E-state index contributed by atoms with van der Waals surface area (Å²) in [5.41, 5.74) is 2.69. The molecule has 0 bridgehead atoms. The lowest BCUT2D eigenvalue weighted by Crippen LogP contribution is -2.44. The van der Waals surface area contributed by atoms with Gasteiger partial charge in [-0.25, -0.2) is 4.79 Å². The molecule has 3 aliphatic rings. The third-order valence-corrected chi connectivity index (χ3v) is 7.81. The molecule has 28 heavy (non-hydrogen) atoms. The number of hydrogen-bond donors (Lipinski definition) is 2. The third-order valence-electron chi connectivity index (χ3n) is 7.81. The molecule has 0 radical (unpaired) electrons. The fraction of sp³-hybridized carbons (Fsp3) is 0.625. The van der Waals surface area contributed by atoms with E-state index in [0.29, 0.717) is 30.1 Å². The van der Waals surface area contributed by atoms with E-state index in [9.17, 15) is 15.0 Å². The number of fused-ring (bicyclic) bond motifs is 5. The summed E-state index contributed by atoms with van der Waals surface area (Å²) < 4.78 is 4.95. The van der Waals surface area contributed by atoms with Crippen molar-refractivity contribution in [2.24, 2.45) is 23.2 Å². The van der Waals surface area contributed by atoms with Crippen molar-refractivity contribution >= 4 is 5.97 Å². The summed E-state index contributed by atoms with van der Waals surface area (Å²) in [5, 5.41) is 21.0. The number of esters is 1. The van der Waals surface area contributed by atoms with E-state index in [1.807, 2.05) is 18.2 Å². The van der Waals surface area contributed by atoms with Gasteiger partial charge >= 0.3 is 5.97 Å². The minimum atomic E-state index is -0.313. The zero-order valence-electron chi connectivity index (χ0n) is 16.9. The lowest BCUT2D eigenvalue weighted by Gasteiger charge is -2.50. The Morgan fingerprint density at radius 3 is 2.96 bits per heavy atom. The minimum absolute atomic E-state index is 0.0297. The zero-order valence-corrected chi connectivity index (χ0v) is 16.9. The van der Waals surface area contributed by atoms with Crippen molar-refractivity contribution in [3.63, 3.8) is 0 Å². The Bertz CT molecular complexity index is 770. The average molecular weight is 385 g/mol. The molecule has 4 nitrogen and oxygen atoms in total. The van der Waals surface area contributed by atoms with Gasteiger partial charge in [-0.15, -0.1) is 0 Å². The first-order valence-corrected chi connectivity index (χ1v) is 10.8. The second-order valence-electron chi connectivity index (χ2n) is 9.17. The largest absolute Gasteiger partial charge is 0.508 e. The predicted octanol–water partition coefficient (Wildman–Crippen LogP) is 4.34. The first-order chi connectivity index (χ1) is 13.4. The highest BCUT2D eigenvalue weighted by molar-refractivity contribution is 5.81. The van der Waals surface area contributed by atoms with E-state index in [2.05, 4.69) is 13.0 Å². The molecule has 2 saturated carbocycles. The number of ether oxygens (including phenoxy) is 1. The van der Waals surface area contributed by atoms with Crippen LogP contribution in [0.1, 0.15) is 63.0 Å². The van der Waals surface area contributed by atoms with Gasteiger partial charge < -0.3 is 14.9 Å². The SMILES string of the molecule is CCOC(=O)/C=C/C[C@@H]1C[C@H]2[C@@H]3CCc4cc(O)ccc4[C@H]3CC[C@]2(C)[C@H]1O. The maximum atomic E-state index is 11.6. The number of carbonyl (C=O) groups is 1. The molecule has 0 aromatic heterocycles. The van der Waals surface area contributed by atoms with Gasteiger partial charge in [0.2, 0.25) is 0 Å². The molecule has 2 N–H and O–H groups in total. The zero-order chi connectivity index (χ0) is 19.9. The molecule has 0 saturated heterocycles. The number of phenols is 1. The van der Waals surface area contributed by atoms with Crippen LogP contribution in [0.3, 0.4) is 0 Å². The molecule has 0 heterocycles. The number of benzene rings is 1. The topological polar surface area (TPSA) is 66.8 Å². The van der Waals surface area contributed by atoms with E-state index >= 15 is 0 Å². The number of phenolic OH excluding ortho intramolecular Hbond substituents is 1. The molecule has 2 fully saturated rings. The summed E-state index contributed by atoms with van der Waals surface area (Å²) in [6, 6.07) is 5.88. The summed E-state index contributed by atoms with van der Waals surface area (Å²) in [7, 11) is 0. The van der Waals surface area contributed by atoms with Crippen molar-refractivity contribution in [2.45, 2.75) is 64.4 Å². The Morgan fingerprint density at radius 2 is 2.18 bits per heavy atom. The molecule has 1 aromatic carbocycles. The molecule has 0 unspecified atom stereocenters. The highest BCUT2D eigenvalue weighted by atomic mass is 16.5. The normalized spacial score (nSPS) is 36.6. The molecule has 4 heteroatoms. The Kier molecular flexibility index (Phi) is 5.26. The average Bonchev–Trinajstić information content (AvgIpc) is 2.93. The van der Waals surface area contributed by atoms with E-state index in [-0.39, 0.29) is 23.4 Å². The summed E-state index contributed by atoms with van der Waals surface area (Å²) in [5.74, 6) is 1.94. The second kappa shape index (κ2) is 7.55. The maximum Gasteiger partial charge on any atom is 0.330 e. The van der Waals surface area contributed by atoms with Crippen LogP contribution in [-0.4, -0.2) is 28.9 Å². The van der Waals surface area contributed by atoms with Crippen LogP contribution in [0, 0.1) is 23.2 Å². The highest BCUT2D eigenvalue weighted by Crippen LogP contribution is 2.62. The lowest BCUT2D eigenvalue weighted by atomic mass is 9.55. The Labute approximate surface area is 167 Å². The van der Waals surface area contributed by atoms with E-state index in [0.717, 1.165) is 38.5 Å². The van der Waals surface area contributed by atoms with E-state index < -0.39 is 0 Å². The van der Waals surface area contributed by atoms with Crippen molar-refractivity contribution in [2.75, 3.05) is 6.61 Å². The van der Waals surface area contributed by atoms with Gasteiger partial charge in [0.1, 0.15) is 5.75 Å². The van der Waals surface area contributed by atoms with Crippen LogP contribution in [0.15, 0.2) is 30.4 Å². The number of aromatic hydroxyl groups is 1. The van der Waals surface area contributed by atoms with Gasteiger partial charge in [0.25, 0.3) is 0 Å². The van der Waals surface area contributed by atoms with E-state index in [4.69, 9.17) is 4.74 Å². The second-order valence-corrected chi connectivity index (χ2v) is 9.17. The summed E-state index contributed by atoms with van der Waals surface area (Å²) in [6.07, 6.45) is 9.13. The first-order valence-electron chi connectivity index (χ1n) is 10.8. The smallest absolute Gasteiger partial charge is 0.330 e. The molecule has 4 rings (SSSR count). The molecular weight excluding hydrogens is 352 g/mol. The van der Waals surface area contributed by atoms with Crippen LogP contribution in [-0.2, 0) is 16.0 Å². The fourth-order valence-electron chi connectivity index (χ4n) is 6.48. The number of carbonyl (C=O) groups excluding carboxylic acids is 1. The van der Waals surface area contributed by atoms with Crippen LogP contribution in [0.25, 0.3) is 0 Å². The van der Waals surface area contributed by atoms with Gasteiger partial charge in [-0.1, -0.05) is 19.1 Å². The molecule has 6 atom stereocenters. The van der Waals surface area contributed by atoms with Gasteiger partial charge in [-0.2, -0.15) is 0 Å². The van der Waals surface area contributed by atoms with Gasteiger partial charge in [0, 0.05) is 6.08 Å². The van der Waals surface area contributed by atoms with Crippen LogP contribution >= 0.6 is 0 Å². The Hall–Kier alpha value is -1.81. The summed E-state index contributed by atoms with van der Waals surface area (Å²) in [6.45, 7) is 4.47. The first kappa shape index (κ1) is 19.5. The molecule has 0 amide bonds. The third kappa shape index (κ3) is 3.26. The van der Waals surface area contributed by atoms with Crippen LogP contribution in [0.5, 0.6) is 5.75 Å². The minimum Gasteiger partial charge on any atom is -0.508 e. The Morgan fingerprint density at radius 1 is 1.36 bits per heavy atom. The number of allylic oxidation sites excluding steroid dienone is 1. The van der Waals surface area contributed by atoms with E-state index in [1.54, 1.807) is 6.92 Å². The van der Waals surface area contributed by atoms with Crippen molar-refractivity contribution in [1.82, 2.24) is 0 Å². The van der Waals surface area contributed by atoms with Crippen molar-refractivity contribution < 1.29 is 19.7 Å². The number of aliphatic hydroxyl groups is 1. The van der Waals surface area contributed by atoms with Gasteiger partial charge in [0.05, 0.1) is 12.7 Å². The molecule has 152 valence electrons. The number of aryl methyl sites for hydroxylation is 1. The van der Waals surface area contributed by atoms with Gasteiger partial charge in [-0.3, -0.25) is 0 Å². The molecular formula is C24H32O4. The molecule has 0 spiro atoms. The number of rotatable bonds is 4. The standard InChI is InChI=1S/C24H32O4/c1-3-28-22(26)6-4-5-16-14-21-20-9-7-15-13-17(25)8-10-18(15)19(20)11-12-24(21,2)23(16)27/h4,6,8,10,13,16,19-21,23,25,27H,3,5,7,9,11-12,14H2,1-2H3/b6-4+/t16-,19-,20-,21+,23+,24+/m1/s1. The van der Waals surface area contributed by atoms with Crippen LogP contribution < -0.4 is 0 Å². The van der Waals surface area contributed by atoms with Gasteiger partial charge in [0.15, 0.2) is 0 Å². The van der Waals surface area contributed by atoms with E-state index in [1.165, 1.54) is 17.2 Å². The fourth-order valence-corrected chi connectivity index (χ4v) is 6.48. The van der Waals surface area contributed by atoms with Crippen LogP contribution in [0.4, 0.5) is 0 Å². The highest BCUT2D eigenvalue weighted by Gasteiger charge is 2.57. The maximum absolute atomic E-state index is 11.6. The van der Waals surface area contributed by atoms with Gasteiger partial charge in [-0.05, 0) is 97.8 Å². The van der Waals surface area contributed by atoms with Crippen molar-refractivity contribution in [3.8, 4) is 5.75 Å². The quantitative estimate of drug-likeness (QED) is 0.598. The number of aliphatic hydroxyl groups excluding tert-OH is 1. The monoisotopic (exact) mass is 384 g/mol. The Balaban J connectivity index is 1.51. The summed E-state index contributed by atoms with van der Waals surface area (Å²) in [4.78, 5) is 11.6.